The van der Waals surface area contributed by atoms with Gasteiger partial charge < -0.3 is 19.5 Å². The lowest BCUT2D eigenvalue weighted by atomic mass is 9.83. The van der Waals surface area contributed by atoms with Crippen LogP contribution in [0.5, 0.6) is 11.5 Å². The molecule has 0 radical (unpaired) electrons. The highest BCUT2D eigenvalue weighted by molar-refractivity contribution is 6.42. The van der Waals surface area contributed by atoms with Crippen molar-refractivity contribution in [2.24, 2.45) is 5.92 Å². The molecular weight excluding hydrogens is 479 g/mol. The second kappa shape index (κ2) is 9.29. The Morgan fingerprint density at radius 1 is 1.06 bits per heavy atom. The van der Waals surface area contributed by atoms with Crippen molar-refractivity contribution in [3.63, 3.8) is 0 Å². The Labute approximate surface area is 208 Å². The molecule has 2 fully saturated rings. The maximum atomic E-state index is 13.7. The third-order valence-electron chi connectivity index (χ3n) is 6.91. The Bertz CT molecular complexity index is 1120. The number of amides is 2. The largest absolute Gasteiger partial charge is 0.454 e. The summed E-state index contributed by atoms with van der Waals surface area (Å²) in [6.07, 6.45) is 3.23. The molecule has 2 aromatic carbocycles. The predicted octanol–water partition coefficient (Wildman–Crippen LogP) is 4.79. The van der Waals surface area contributed by atoms with E-state index in [0.717, 1.165) is 18.4 Å². The highest BCUT2D eigenvalue weighted by atomic mass is 35.5. The molecule has 9 heteroatoms. The summed E-state index contributed by atoms with van der Waals surface area (Å²) >= 11 is 12.2. The zero-order valence-corrected chi connectivity index (χ0v) is 20.3. The minimum absolute atomic E-state index is 0.147. The third kappa shape index (κ3) is 4.32. The van der Waals surface area contributed by atoms with E-state index in [4.69, 9.17) is 37.4 Å². The van der Waals surface area contributed by atoms with Gasteiger partial charge in [-0.1, -0.05) is 36.2 Å². The number of benzene rings is 2. The fraction of sp³-hybridized carbons (Fsp3) is 0.440. The fourth-order valence-electron chi connectivity index (χ4n) is 4.91. The molecule has 3 aliphatic rings. The van der Waals surface area contributed by atoms with Gasteiger partial charge in [0.05, 0.1) is 16.7 Å². The van der Waals surface area contributed by atoms with Crippen LogP contribution in [0.25, 0.3) is 0 Å². The van der Waals surface area contributed by atoms with Gasteiger partial charge in [0.15, 0.2) is 11.5 Å². The van der Waals surface area contributed by atoms with Crippen LogP contribution in [-0.2, 0) is 16.1 Å². The Hall–Kier alpha value is -2.48. The van der Waals surface area contributed by atoms with E-state index in [0.29, 0.717) is 52.4 Å². The van der Waals surface area contributed by atoms with Crippen LogP contribution >= 0.6 is 23.2 Å². The molecule has 1 saturated heterocycles. The van der Waals surface area contributed by atoms with E-state index in [-0.39, 0.29) is 25.2 Å². The zero-order chi connectivity index (χ0) is 23.9. The number of fused-ring (bicyclic) bond motifs is 1. The second-order valence-electron chi connectivity index (χ2n) is 9.16. The van der Waals surface area contributed by atoms with E-state index in [1.165, 1.54) is 0 Å². The van der Waals surface area contributed by atoms with Crippen molar-refractivity contribution in [3.8, 4) is 11.5 Å². The molecule has 34 heavy (non-hydrogen) atoms. The van der Waals surface area contributed by atoms with Crippen molar-refractivity contribution in [1.29, 1.82) is 0 Å². The number of carbonyl (C=O) groups excluding carboxylic acids is 2. The highest BCUT2D eigenvalue weighted by Gasteiger charge is 2.53. The quantitative estimate of drug-likeness (QED) is 0.647. The number of nitrogens with zero attached hydrogens (tertiary/aromatic N) is 1. The van der Waals surface area contributed by atoms with Gasteiger partial charge in [-0.2, -0.15) is 0 Å². The van der Waals surface area contributed by atoms with Gasteiger partial charge in [0, 0.05) is 12.1 Å². The summed E-state index contributed by atoms with van der Waals surface area (Å²) in [7, 11) is 0. The van der Waals surface area contributed by atoms with Gasteiger partial charge in [-0.3, -0.25) is 14.5 Å². The van der Waals surface area contributed by atoms with Crippen LogP contribution in [0.2, 0.25) is 10.0 Å². The van der Waals surface area contributed by atoms with E-state index in [2.05, 4.69) is 12.2 Å². The van der Waals surface area contributed by atoms with Gasteiger partial charge >= 0.3 is 0 Å². The molecule has 1 aliphatic carbocycles. The lowest BCUT2D eigenvalue weighted by Gasteiger charge is -2.43. The van der Waals surface area contributed by atoms with E-state index >= 15 is 0 Å². The summed E-state index contributed by atoms with van der Waals surface area (Å²) in [5, 5.41) is 3.63. The fourth-order valence-corrected chi connectivity index (χ4v) is 5.20. The molecule has 2 heterocycles. The normalized spacial score (nSPS) is 25.6. The Morgan fingerprint density at radius 2 is 1.82 bits per heavy atom. The van der Waals surface area contributed by atoms with Crippen LogP contribution in [0.3, 0.4) is 0 Å². The SMILES string of the molecule is CC1CCC2(CC1)OCC(C(=O)NCc1ccc3c(c1)OCO3)N2C(=O)c1ccc(Cl)c(Cl)c1. The highest BCUT2D eigenvalue weighted by Crippen LogP contribution is 2.43. The minimum atomic E-state index is -0.795. The molecule has 1 unspecified atom stereocenters. The smallest absolute Gasteiger partial charge is 0.256 e. The van der Waals surface area contributed by atoms with Crippen molar-refractivity contribution >= 4 is 35.0 Å². The van der Waals surface area contributed by atoms with E-state index < -0.39 is 11.8 Å². The van der Waals surface area contributed by atoms with Crippen molar-refractivity contribution < 1.29 is 23.8 Å². The maximum absolute atomic E-state index is 13.7. The van der Waals surface area contributed by atoms with Crippen molar-refractivity contribution in [1.82, 2.24) is 10.2 Å². The van der Waals surface area contributed by atoms with Crippen molar-refractivity contribution in [2.45, 2.75) is 50.9 Å². The zero-order valence-electron chi connectivity index (χ0n) is 18.8. The van der Waals surface area contributed by atoms with E-state index in [9.17, 15) is 9.59 Å². The number of rotatable bonds is 4. The molecule has 2 amide bonds. The second-order valence-corrected chi connectivity index (χ2v) is 9.98. The van der Waals surface area contributed by atoms with Crippen LogP contribution in [0, 0.1) is 5.92 Å². The van der Waals surface area contributed by atoms with E-state index in [1.807, 2.05) is 18.2 Å². The van der Waals surface area contributed by atoms with Crippen LogP contribution in [0.15, 0.2) is 36.4 Å². The number of nitrogens with one attached hydrogen (secondary N) is 1. The summed E-state index contributed by atoms with van der Waals surface area (Å²) in [5.74, 6) is 1.35. The number of halogens is 2. The average Bonchev–Trinajstić information content (AvgIpc) is 3.45. The number of carbonyl (C=O) groups is 2. The lowest BCUT2D eigenvalue weighted by Crippen LogP contribution is -2.56. The first-order valence-corrected chi connectivity index (χ1v) is 12.2. The third-order valence-corrected chi connectivity index (χ3v) is 7.65. The first kappa shape index (κ1) is 23.3. The summed E-state index contributed by atoms with van der Waals surface area (Å²) in [6, 6.07) is 9.57. The Morgan fingerprint density at radius 3 is 2.59 bits per heavy atom. The summed E-state index contributed by atoms with van der Waals surface area (Å²) in [5.41, 5.74) is 0.461. The maximum Gasteiger partial charge on any atom is 0.256 e. The monoisotopic (exact) mass is 504 g/mol. The van der Waals surface area contributed by atoms with Crippen molar-refractivity contribution in [2.75, 3.05) is 13.4 Å². The summed E-state index contributed by atoms with van der Waals surface area (Å²) < 4.78 is 17.0. The van der Waals surface area contributed by atoms with Crippen LogP contribution < -0.4 is 14.8 Å². The first-order chi connectivity index (χ1) is 16.4. The first-order valence-electron chi connectivity index (χ1n) is 11.5. The van der Waals surface area contributed by atoms with Crippen LogP contribution in [0.1, 0.15) is 48.5 Å². The number of ether oxygens (including phenoxy) is 3. The van der Waals surface area contributed by atoms with Gasteiger partial charge in [-0.25, -0.2) is 0 Å². The molecule has 1 saturated carbocycles. The molecule has 5 rings (SSSR count). The Balaban J connectivity index is 1.37. The number of hydrogen-bond donors (Lipinski definition) is 1. The summed E-state index contributed by atoms with van der Waals surface area (Å²) in [6.45, 7) is 2.83. The molecule has 180 valence electrons. The molecule has 1 atom stereocenters. The van der Waals surface area contributed by atoms with Crippen molar-refractivity contribution in [3.05, 3.63) is 57.6 Å². The van der Waals surface area contributed by atoms with Gasteiger partial charge in [-0.15, -0.1) is 0 Å². The number of hydrogen-bond acceptors (Lipinski definition) is 5. The van der Waals surface area contributed by atoms with Gasteiger partial charge in [0.25, 0.3) is 5.91 Å². The molecule has 1 N–H and O–H groups in total. The molecule has 2 aliphatic heterocycles. The molecule has 0 bridgehead atoms. The molecule has 0 aromatic heterocycles. The van der Waals surface area contributed by atoms with Crippen LogP contribution in [0.4, 0.5) is 0 Å². The molecular formula is C25H26Cl2N2O5. The van der Waals surface area contributed by atoms with Gasteiger partial charge in [-0.05, 0) is 67.5 Å². The minimum Gasteiger partial charge on any atom is -0.454 e. The standard InChI is InChI=1S/C25H26Cl2N2O5/c1-15-6-8-25(9-7-15)29(24(31)17-3-4-18(26)19(27)11-17)20(13-34-25)23(30)28-12-16-2-5-21-22(10-16)33-14-32-21/h2-5,10-11,15,20H,6-9,12-14H2,1H3,(H,28,30). The summed E-state index contributed by atoms with van der Waals surface area (Å²) in [4.78, 5) is 28.7. The Kier molecular flexibility index (Phi) is 6.35. The molecule has 1 spiro atoms. The van der Waals surface area contributed by atoms with E-state index in [1.54, 1.807) is 23.1 Å². The molecule has 7 nitrogen and oxygen atoms in total. The van der Waals surface area contributed by atoms with Gasteiger partial charge in [0.2, 0.25) is 12.7 Å². The topological polar surface area (TPSA) is 77.1 Å². The molecule has 2 aromatic rings. The van der Waals surface area contributed by atoms with Gasteiger partial charge in [0.1, 0.15) is 11.8 Å². The lowest BCUT2D eigenvalue weighted by molar-refractivity contribution is -0.128. The van der Waals surface area contributed by atoms with Crippen LogP contribution in [-0.4, -0.2) is 41.9 Å². The average molecular weight is 505 g/mol. The predicted molar refractivity (Wildman–Crippen MR) is 127 cm³/mol.